The van der Waals surface area contributed by atoms with E-state index in [1.807, 2.05) is 0 Å². The number of halogens is 1. The van der Waals surface area contributed by atoms with E-state index in [1.165, 1.54) is 12.8 Å². The van der Waals surface area contributed by atoms with E-state index in [2.05, 4.69) is 12.2 Å². The van der Waals surface area contributed by atoms with E-state index in [1.54, 1.807) is 0 Å². The van der Waals surface area contributed by atoms with Crippen molar-refractivity contribution in [2.75, 3.05) is 19.8 Å². The Morgan fingerprint density at radius 1 is 1.10 bits per heavy atom. The molecule has 0 aromatic carbocycles. The molecule has 0 unspecified atom stereocenters. The van der Waals surface area contributed by atoms with Gasteiger partial charge in [-0.3, -0.25) is 4.39 Å². The summed E-state index contributed by atoms with van der Waals surface area (Å²) in [7, 11) is 0. The summed E-state index contributed by atoms with van der Waals surface area (Å²) in [4.78, 5) is 0. The van der Waals surface area contributed by atoms with Gasteiger partial charge in [0.25, 0.3) is 0 Å². The van der Waals surface area contributed by atoms with Crippen LogP contribution in [0, 0.1) is 0 Å². The van der Waals surface area contributed by atoms with Gasteiger partial charge in [0, 0.05) is 0 Å². The monoisotopic (exact) mass is 147 g/mol. The molecule has 10 heavy (non-hydrogen) atoms. The standard InChI is InChI=1S/C8H18FN/c1-2-3-7-10-8-5-4-6-9/h10H,2-8H2,1H3. The van der Waals surface area contributed by atoms with Gasteiger partial charge in [0.15, 0.2) is 0 Å². The summed E-state index contributed by atoms with van der Waals surface area (Å²) in [5.74, 6) is 0. The number of nitrogens with one attached hydrogen (secondary N) is 1. The molecule has 62 valence electrons. The molecule has 0 aliphatic heterocycles. The molecule has 1 nitrogen and oxygen atoms in total. The van der Waals surface area contributed by atoms with Gasteiger partial charge in [-0.1, -0.05) is 13.3 Å². The molecule has 0 spiro atoms. The van der Waals surface area contributed by atoms with E-state index in [0.29, 0.717) is 6.42 Å². The van der Waals surface area contributed by atoms with Crippen molar-refractivity contribution in [3.8, 4) is 0 Å². The zero-order chi connectivity index (χ0) is 7.66. The number of alkyl halides is 1. The van der Waals surface area contributed by atoms with Crippen LogP contribution in [-0.2, 0) is 0 Å². The van der Waals surface area contributed by atoms with E-state index in [-0.39, 0.29) is 6.67 Å². The molecule has 0 saturated carbocycles. The molecule has 0 bridgehead atoms. The summed E-state index contributed by atoms with van der Waals surface area (Å²) in [6.07, 6.45) is 4.14. The third-order valence-electron chi connectivity index (χ3n) is 1.44. The van der Waals surface area contributed by atoms with Crippen molar-refractivity contribution < 1.29 is 4.39 Å². The van der Waals surface area contributed by atoms with E-state index in [0.717, 1.165) is 19.5 Å². The van der Waals surface area contributed by atoms with Gasteiger partial charge in [0.1, 0.15) is 0 Å². The fourth-order valence-corrected chi connectivity index (χ4v) is 0.771. The Hall–Kier alpha value is -0.110. The Kier molecular flexibility index (Phi) is 8.79. The lowest BCUT2D eigenvalue weighted by Gasteiger charge is -2.00. The lowest BCUT2D eigenvalue weighted by molar-refractivity contribution is 0.454. The highest BCUT2D eigenvalue weighted by atomic mass is 19.1. The van der Waals surface area contributed by atoms with E-state index in [9.17, 15) is 4.39 Å². The van der Waals surface area contributed by atoms with Gasteiger partial charge in [-0.15, -0.1) is 0 Å². The third kappa shape index (κ3) is 7.89. The van der Waals surface area contributed by atoms with Crippen molar-refractivity contribution in [1.29, 1.82) is 0 Å². The molecule has 0 rings (SSSR count). The number of unbranched alkanes of at least 4 members (excludes halogenated alkanes) is 2. The molecular weight excluding hydrogens is 129 g/mol. The predicted octanol–water partition coefficient (Wildman–Crippen LogP) is 2.13. The van der Waals surface area contributed by atoms with Crippen LogP contribution in [0.3, 0.4) is 0 Å². The smallest absolute Gasteiger partial charge is 0.0894 e. The minimum absolute atomic E-state index is 0.171. The molecule has 2 heteroatoms. The van der Waals surface area contributed by atoms with Crippen LogP contribution >= 0.6 is 0 Å². The Morgan fingerprint density at radius 3 is 2.40 bits per heavy atom. The minimum atomic E-state index is -0.171. The summed E-state index contributed by atoms with van der Waals surface area (Å²) in [5.41, 5.74) is 0. The number of rotatable bonds is 7. The van der Waals surface area contributed by atoms with Gasteiger partial charge in [-0.05, 0) is 32.4 Å². The van der Waals surface area contributed by atoms with Crippen molar-refractivity contribution in [2.24, 2.45) is 0 Å². The molecule has 0 amide bonds. The van der Waals surface area contributed by atoms with Crippen molar-refractivity contribution in [3.05, 3.63) is 0 Å². The van der Waals surface area contributed by atoms with Gasteiger partial charge in [0.05, 0.1) is 6.67 Å². The lowest BCUT2D eigenvalue weighted by atomic mass is 10.3. The molecule has 0 fully saturated rings. The molecule has 0 aliphatic carbocycles. The summed E-state index contributed by atoms with van der Waals surface area (Å²) < 4.78 is 11.5. The quantitative estimate of drug-likeness (QED) is 0.544. The molecule has 0 atom stereocenters. The van der Waals surface area contributed by atoms with Crippen LogP contribution in [0.25, 0.3) is 0 Å². The van der Waals surface area contributed by atoms with E-state index >= 15 is 0 Å². The molecular formula is C8H18FN. The first-order chi connectivity index (χ1) is 4.91. The Morgan fingerprint density at radius 2 is 1.80 bits per heavy atom. The van der Waals surface area contributed by atoms with Gasteiger partial charge in [0.2, 0.25) is 0 Å². The highest BCUT2D eigenvalue weighted by Gasteiger charge is 1.86. The molecule has 0 heterocycles. The second-order valence-corrected chi connectivity index (χ2v) is 2.50. The Labute approximate surface area is 63.0 Å². The second kappa shape index (κ2) is 8.89. The zero-order valence-electron chi connectivity index (χ0n) is 6.83. The molecule has 0 radical (unpaired) electrons. The average molecular weight is 147 g/mol. The predicted molar refractivity (Wildman–Crippen MR) is 43.0 cm³/mol. The summed E-state index contributed by atoms with van der Waals surface area (Å²) in [5, 5.41) is 3.25. The summed E-state index contributed by atoms with van der Waals surface area (Å²) in [6.45, 7) is 4.06. The van der Waals surface area contributed by atoms with Crippen molar-refractivity contribution >= 4 is 0 Å². The Bertz CT molecular complexity index is 49.2. The van der Waals surface area contributed by atoms with Crippen LogP contribution in [0.4, 0.5) is 4.39 Å². The van der Waals surface area contributed by atoms with Crippen LogP contribution in [0.1, 0.15) is 32.6 Å². The van der Waals surface area contributed by atoms with Crippen molar-refractivity contribution in [2.45, 2.75) is 32.6 Å². The summed E-state index contributed by atoms with van der Waals surface area (Å²) in [6, 6.07) is 0. The second-order valence-electron chi connectivity index (χ2n) is 2.50. The third-order valence-corrected chi connectivity index (χ3v) is 1.44. The first-order valence-corrected chi connectivity index (χ1v) is 4.18. The highest BCUT2D eigenvalue weighted by molar-refractivity contribution is 4.46. The van der Waals surface area contributed by atoms with Crippen molar-refractivity contribution in [3.63, 3.8) is 0 Å². The van der Waals surface area contributed by atoms with Crippen LogP contribution in [0.2, 0.25) is 0 Å². The maximum atomic E-state index is 11.5. The van der Waals surface area contributed by atoms with Crippen LogP contribution in [-0.4, -0.2) is 19.8 Å². The van der Waals surface area contributed by atoms with Crippen molar-refractivity contribution in [1.82, 2.24) is 5.32 Å². The number of hydrogen-bond acceptors (Lipinski definition) is 1. The fourth-order valence-electron chi connectivity index (χ4n) is 0.771. The maximum absolute atomic E-state index is 11.5. The molecule has 0 aromatic heterocycles. The summed E-state index contributed by atoms with van der Waals surface area (Å²) >= 11 is 0. The lowest BCUT2D eigenvalue weighted by Crippen LogP contribution is -2.16. The van der Waals surface area contributed by atoms with Crippen LogP contribution < -0.4 is 5.32 Å². The number of hydrogen-bond donors (Lipinski definition) is 1. The SMILES string of the molecule is CCCCNCCCCF. The van der Waals surface area contributed by atoms with E-state index < -0.39 is 0 Å². The fraction of sp³-hybridized carbons (Fsp3) is 1.00. The first-order valence-electron chi connectivity index (χ1n) is 4.18. The van der Waals surface area contributed by atoms with Crippen LogP contribution in [0.5, 0.6) is 0 Å². The normalized spacial score (nSPS) is 10.2. The molecule has 0 aliphatic rings. The average Bonchev–Trinajstić information content (AvgIpc) is 1.97. The first kappa shape index (κ1) is 9.89. The van der Waals surface area contributed by atoms with Gasteiger partial charge in [-0.2, -0.15) is 0 Å². The maximum Gasteiger partial charge on any atom is 0.0894 e. The molecule has 1 N–H and O–H groups in total. The minimum Gasteiger partial charge on any atom is -0.317 e. The molecule has 0 aromatic rings. The largest absolute Gasteiger partial charge is 0.317 e. The van der Waals surface area contributed by atoms with Crippen LogP contribution in [0.15, 0.2) is 0 Å². The van der Waals surface area contributed by atoms with Gasteiger partial charge >= 0.3 is 0 Å². The zero-order valence-corrected chi connectivity index (χ0v) is 6.83. The van der Waals surface area contributed by atoms with Gasteiger partial charge in [-0.25, -0.2) is 0 Å². The highest BCUT2D eigenvalue weighted by Crippen LogP contribution is 1.87. The van der Waals surface area contributed by atoms with Gasteiger partial charge < -0.3 is 5.32 Å². The van der Waals surface area contributed by atoms with E-state index in [4.69, 9.17) is 0 Å². The topological polar surface area (TPSA) is 12.0 Å². The molecule has 0 saturated heterocycles. The Balaban J connectivity index is 2.65.